The number of nitrogens with zero attached hydrogens (tertiary/aromatic N) is 1. The topological polar surface area (TPSA) is 24.5 Å². The van der Waals surface area contributed by atoms with Crippen LogP contribution < -0.4 is 5.32 Å². The number of nitrogens with one attached hydrogen (secondary N) is 1. The minimum absolute atomic E-state index is 0.313. The molecule has 0 spiro atoms. The summed E-state index contributed by atoms with van der Waals surface area (Å²) < 4.78 is 5.47. The normalized spacial score (nSPS) is 29.4. The summed E-state index contributed by atoms with van der Waals surface area (Å²) in [5.41, 5.74) is 0.313. The van der Waals surface area contributed by atoms with Crippen LogP contribution in [0, 0.1) is 5.92 Å². The highest BCUT2D eigenvalue weighted by molar-refractivity contribution is 5.00. The van der Waals surface area contributed by atoms with Gasteiger partial charge in [-0.2, -0.15) is 0 Å². The Balaban J connectivity index is 2.11. The van der Waals surface area contributed by atoms with Gasteiger partial charge >= 0.3 is 0 Å². The van der Waals surface area contributed by atoms with Gasteiger partial charge in [-0.3, -0.25) is 4.90 Å². The molecule has 3 nitrogen and oxygen atoms in total. The molecule has 2 unspecified atom stereocenters. The third-order valence-electron chi connectivity index (χ3n) is 6.12. The van der Waals surface area contributed by atoms with Crippen LogP contribution in [-0.2, 0) is 4.74 Å². The van der Waals surface area contributed by atoms with E-state index in [0.29, 0.717) is 17.6 Å². The maximum absolute atomic E-state index is 5.47. The molecule has 1 saturated carbocycles. The predicted molar refractivity (Wildman–Crippen MR) is 89.7 cm³/mol. The minimum atomic E-state index is 0.313. The van der Waals surface area contributed by atoms with E-state index in [9.17, 15) is 0 Å². The average molecular weight is 296 g/mol. The second kappa shape index (κ2) is 7.94. The molecule has 0 aromatic carbocycles. The summed E-state index contributed by atoms with van der Waals surface area (Å²) in [5, 5.41) is 3.92. The highest BCUT2D eigenvalue weighted by Gasteiger charge is 2.41. The molecule has 0 bridgehead atoms. The first-order chi connectivity index (χ1) is 10.2. The van der Waals surface area contributed by atoms with Crippen molar-refractivity contribution in [2.24, 2.45) is 5.92 Å². The molecule has 3 heteroatoms. The van der Waals surface area contributed by atoms with Gasteiger partial charge in [-0.25, -0.2) is 0 Å². The van der Waals surface area contributed by atoms with Crippen molar-refractivity contribution >= 4 is 0 Å². The van der Waals surface area contributed by atoms with E-state index in [2.05, 4.69) is 31.0 Å². The molecule has 2 aliphatic rings. The molecule has 0 amide bonds. The van der Waals surface area contributed by atoms with Gasteiger partial charge in [0.25, 0.3) is 0 Å². The van der Waals surface area contributed by atoms with Gasteiger partial charge in [0.2, 0.25) is 0 Å². The summed E-state index contributed by atoms with van der Waals surface area (Å²) in [7, 11) is 1.83. The number of ether oxygens (including phenoxy) is 1. The lowest BCUT2D eigenvalue weighted by Crippen LogP contribution is -2.67. The number of hydrogen-bond donors (Lipinski definition) is 1. The predicted octanol–water partition coefficient (Wildman–Crippen LogP) is 3.43. The van der Waals surface area contributed by atoms with E-state index in [1.807, 2.05) is 7.11 Å². The maximum atomic E-state index is 5.47. The zero-order valence-electron chi connectivity index (χ0n) is 14.7. The van der Waals surface area contributed by atoms with Gasteiger partial charge in [-0.15, -0.1) is 0 Å². The standard InChI is InChI=1S/C18H36N2O/c1-5-18(6-2)14-20(15(3)13-21-4)17(12-19-18)16-10-8-7-9-11-16/h15-17,19H,5-14H2,1-4H3. The van der Waals surface area contributed by atoms with Gasteiger partial charge in [0, 0.05) is 37.8 Å². The number of rotatable bonds is 6. The number of hydrogen-bond acceptors (Lipinski definition) is 3. The Morgan fingerprint density at radius 2 is 1.86 bits per heavy atom. The van der Waals surface area contributed by atoms with E-state index in [1.54, 1.807) is 0 Å². The van der Waals surface area contributed by atoms with Crippen LogP contribution in [0.15, 0.2) is 0 Å². The summed E-state index contributed by atoms with van der Waals surface area (Å²) in [5.74, 6) is 0.886. The zero-order chi connectivity index (χ0) is 15.3. The third kappa shape index (κ3) is 4.00. The van der Waals surface area contributed by atoms with Crippen molar-refractivity contribution in [2.75, 3.05) is 26.8 Å². The van der Waals surface area contributed by atoms with Crippen LogP contribution in [0.5, 0.6) is 0 Å². The Bertz CT molecular complexity index is 298. The van der Waals surface area contributed by atoms with E-state index >= 15 is 0 Å². The Labute approximate surface area is 131 Å². The molecule has 0 radical (unpaired) electrons. The lowest BCUT2D eigenvalue weighted by Gasteiger charge is -2.52. The molecule has 1 saturated heterocycles. The van der Waals surface area contributed by atoms with Gasteiger partial charge in [0.15, 0.2) is 0 Å². The fourth-order valence-electron chi connectivity index (χ4n) is 4.46. The Morgan fingerprint density at radius 3 is 2.43 bits per heavy atom. The molecule has 1 N–H and O–H groups in total. The SMILES string of the molecule is CCC1(CC)CN(C(C)COC)C(C2CCCCC2)CN1. The van der Waals surface area contributed by atoms with Crippen LogP contribution in [0.3, 0.4) is 0 Å². The highest BCUT2D eigenvalue weighted by atomic mass is 16.5. The minimum Gasteiger partial charge on any atom is -0.383 e. The van der Waals surface area contributed by atoms with Gasteiger partial charge in [-0.05, 0) is 38.5 Å². The van der Waals surface area contributed by atoms with Gasteiger partial charge in [0.1, 0.15) is 0 Å². The van der Waals surface area contributed by atoms with Crippen molar-refractivity contribution in [1.29, 1.82) is 0 Å². The van der Waals surface area contributed by atoms with Crippen LogP contribution in [0.2, 0.25) is 0 Å². The average Bonchev–Trinajstić information content (AvgIpc) is 2.55. The molecule has 1 aliphatic carbocycles. The van der Waals surface area contributed by atoms with E-state index in [0.717, 1.165) is 12.5 Å². The largest absolute Gasteiger partial charge is 0.383 e. The van der Waals surface area contributed by atoms with E-state index < -0.39 is 0 Å². The fraction of sp³-hybridized carbons (Fsp3) is 1.00. The van der Waals surface area contributed by atoms with Crippen LogP contribution in [0.25, 0.3) is 0 Å². The molecule has 124 valence electrons. The Hall–Kier alpha value is -0.120. The van der Waals surface area contributed by atoms with Crippen molar-refractivity contribution in [3.63, 3.8) is 0 Å². The Kier molecular flexibility index (Phi) is 6.51. The molecule has 2 rings (SSSR count). The lowest BCUT2D eigenvalue weighted by molar-refractivity contribution is -0.0157. The molecule has 2 atom stereocenters. The van der Waals surface area contributed by atoms with Crippen LogP contribution >= 0.6 is 0 Å². The molecule has 1 heterocycles. The monoisotopic (exact) mass is 296 g/mol. The van der Waals surface area contributed by atoms with E-state index in [-0.39, 0.29) is 0 Å². The summed E-state index contributed by atoms with van der Waals surface area (Å²) in [6.07, 6.45) is 9.59. The van der Waals surface area contributed by atoms with E-state index in [1.165, 1.54) is 58.0 Å². The lowest BCUT2D eigenvalue weighted by atomic mass is 9.79. The first-order valence-corrected chi connectivity index (χ1v) is 9.15. The second-order valence-electron chi connectivity index (χ2n) is 7.31. The van der Waals surface area contributed by atoms with Gasteiger partial charge < -0.3 is 10.1 Å². The first kappa shape index (κ1) is 17.2. The molecular weight excluding hydrogens is 260 g/mol. The molecule has 0 aromatic heterocycles. The van der Waals surface area contributed by atoms with Crippen LogP contribution in [0.1, 0.15) is 65.7 Å². The van der Waals surface area contributed by atoms with Crippen LogP contribution in [0.4, 0.5) is 0 Å². The van der Waals surface area contributed by atoms with Crippen molar-refractivity contribution in [3.8, 4) is 0 Å². The summed E-state index contributed by atoms with van der Waals surface area (Å²) in [6.45, 7) is 10.2. The van der Waals surface area contributed by atoms with Crippen molar-refractivity contribution in [3.05, 3.63) is 0 Å². The molecule has 1 aliphatic heterocycles. The fourth-order valence-corrected chi connectivity index (χ4v) is 4.46. The van der Waals surface area contributed by atoms with Gasteiger partial charge in [0.05, 0.1) is 6.61 Å². The van der Waals surface area contributed by atoms with Crippen molar-refractivity contribution < 1.29 is 4.74 Å². The quantitative estimate of drug-likeness (QED) is 0.812. The first-order valence-electron chi connectivity index (χ1n) is 9.15. The highest BCUT2D eigenvalue weighted by Crippen LogP contribution is 2.34. The molecular formula is C18H36N2O. The summed E-state index contributed by atoms with van der Waals surface area (Å²) >= 11 is 0. The van der Waals surface area contributed by atoms with E-state index in [4.69, 9.17) is 4.74 Å². The molecule has 0 aromatic rings. The van der Waals surface area contributed by atoms with Crippen molar-refractivity contribution in [1.82, 2.24) is 10.2 Å². The maximum Gasteiger partial charge on any atom is 0.0615 e. The summed E-state index contributed by atoms with van der Waals surface area (Å²) in [4.78, 5) is 2.78. The zero-order valence-corrected chi connectivity index (χ0v) is 14.7. The molecule has 21 heavy (non-hydrogen) atoms. The molecule has 2 fully saturated rings. The van der Waals surface area contributed by atoms with Crippen LogP contribution in [-0.4, -0.2) is 49.3 Å². The van der Waals surface area contributed by atoms with Gasteiger partial charge in [-0.1, -0.05) is 33.1 Å². The summed E-state index contributed by atoms with van der Waals surface area (Å²) in [6, 6.07) is 1.24. The Morgan fingerprint density at radius 1 is 1.19 bits per heavy atom. The van der Waals surface area contributed by atoms with Crippen molar-refractivity contribution in [2.45, 2.75) is 83.3 Å². The second-order valence-corrected chi connectivity index (χ2v) is 7.31. The smallest absolute Gasteiger partial charge is 0.0615 e. The number of piperazine rings is 1. The number of methoxy groups -OCH3 is 1. The third-order valence-corrected chi connectivity index (χ3v) is 6.12.